The number of carbonyl (C=O) groups is 1. The molecule has 1 aliphatic rings. The van der Waals surface area contributed by atoms with Crippen molar-refractivity contribution >= 4 is 5.97 Å². The molecule has 0 saturated carbocycles. The summed E-state index contributed by atoms with van der Waals surface area (Å²) in [6.07, 6.45) is 3.56. The van der Waals surface area contributed by atoms with Crippen molar-refractivity contribution in [2.75, 3.05) is 13.1 Å². The molecule has 19 heavy (non-hydrogen) atoms. The first kappa shape index (κ1) is 14.0. The van der Waals surface area contributed by atoms with Crippen molar-refractivity contribution in [1.29, 1.82) is 0 Å². The molecule has 2 heterocycles. The Morgan fingerprint density at radius 2 is 2.42 bits per heavy atom. The predicted molar refractivity (Wildman–Crippen MR) is 70.7 cm³/mol. The molecule has 2 rings (SSSR count). The van der Waals surface area contributed by atoms with Crippen molar-refractivity contribution in [3.63, 3.8) is 0 Å². The lowest BCUT2D eigenvalue weighted by molar-refractivity contribution is -0.150. The van der Waals surface area contributed by atoms with Crippen molar-refractivity contribution in [1.82, 2.24) is 20.1 Å². The second kappa shape index (κ2) is 5.69. The van der Waals surface area contributed by atoms with Crippen LogP contribution in [-0.4, -0.2) is 38.9 Å². The van der Waals surface area contributed by atoms with Crippen LogP contribution in [0.2, 0.25) is 0 Å². The molecule has 0 spiro atoms. The third kappa shape index (κ3) is 3.12. The monoisotopic (exact) mass is 266 g/mol. The van der Waals surface area contributed by atoms with E-state index in [0.717, 1.165) is 25.3 Å². The number of piperidine rings is 1. The molecule has 1 atom stereocenters. The summed E-state index contributed by atoms with van der Waals surface area (Å²) in [4.78, 5) is 15.9. The highest BCUT2D eigenvalue weighted by Gasteiger charge is 2.41. The molecule has 6 nitrogen and oxygen atoms in total. The van der Waals surface area contributed by atoms with E-state index in [1.807, 2.05) is 4.68 Å². The van der Waals surface area contributed by atoms with Crippen LogP contribution >= 0.6 is 0 Å². The largest absolute Gasteiger partial charge is 0.481 e. The minimum absolute atomic E-state index is 0.446. The lowest BCUT2D eigenvalue weighted by atomic mass is 9.77. The molecule has 0 aromatic carbocycles. The van der Waals surface area contributed by atoms with Gasteiger partial charge in [0.2, 0.25) is 0 Å². The summed E-state index contributed by atoms with van der Waals surface area (Å²) in [5.41, 5.74) is -0.736. The van der Waals surface area contributed by atoms with Crippen molar-refractivity contribution < 1.29 is 9.90 Å². The Morgan fingerprint density at radius 3 is 3.00 bits per heavy atom. The molecular weight excluding hydrogens is 244 g/mol. The zero-order valence-electron chi connectivity index (χ0n) is 11.6. The van der Waals surface area contributed by atoms with E-state index in [1.165, 1.54) is 6.33 Å². The van der Waals surface area contributed by atoms with Crippen LogP contribution in [0.4, 0.5) is 0 Å². The summed E-state index contributed by atoms with van der Waals surface area (Å²) in [6.45, 7) is 6.41. The van der Waals surface area contributed by atoms with Crippen LogP contribution in [-0.2, 0) is 17.8 Å². The van der Waals surface area contributed by atoms with Crippen LogP contribution < -0.4 is 5.32 Å². The number of nitrogens with zero attached hydrogens (tertiary/aromatic N) is 3. The van der Waals surface area contributed by atoms with Gasteiger partial charge in [-0.25, -0.2) is 9.67 Å². The van der Waals surface area contributed by atoms with Gasteiger partial charge in [0, 0.05) is 19.5 Å². The molecule has 106 valence electrons. The topological polar surface area (TPSA) is 80.0 Å². The van der Waals surface area contributed by atoms with Gasteiger partial charge in [0.25, 0.3) is 0 Å². The smallest absolute Gasteiger partial charge is 0.311 e. The van der Waals surface area contributed by atoms with Crippen LogP contribution in [0.15, 0.2) is 6.33 Å². The first-order valence-electron chi connectivity index (χ1n) is 6.84. The first-order valence-corrected chi connectivity index (χ1v) is 6.84. The highest BCUT2D eigenvalue weighted by atomic mass is 16.4. The van der Waals surface area contributed by atoms with Crippen LogP contribution in [0.1, 0.15) is 32.5 Å². The van der Waals surface area contributed by atoms with Gasteiger partial charge >= 0.3 is 5.97 Å². The van der Waals surface area contributed by atoms with Gasteiger partial charge in [-0.2, -0.15) is 5.10 Å². The summed E-state index contributed by atoms with van der Waals surface area (Å²) in [6, 6.07) is 0. The number of rotatable bonds is 5. The molecular formula is C13H22N4O2. The molecule has 1 aromatic heterocycles. The van der Waals surface area contributed by atoms with Crippen LogP contribution in [0.3, 0.4) is 0 Å². The highest BCUT2D eigenvalue weighted by Crippen LogP contribution is 2.30. The highest BCUT2D eigenvalue weighted by molar-refractivity contribution is 5.75. The number of nitrogens with one attached hydrogen (secondary N) is 1. The van der Waals surface area contributed by atoms with Gasteiger partial charge in [-0.05, 0) is 25.3 Å². The Hall–Kier alpha value is -1.43. The van der Waals surface area contributed by atoms with Crippen LogP contribution in [0.5, 0.6) is 0 Å². The van der Waals surface area contributed by atoms with Crippen molar-refractivity contribution in [2.24, 2.45) is 11.3 Å². The molecule has 0 amide bonds. The molecule has 1 aromatic rings. The van der Waals surface area contributed by atoms with Gasteiger partial charge in [0.15, 0.2) is 0 Å². The van der Waals surface area contributed by atoms with Gasteiger partial charge in [0.05, 0.1) is 5.41 Å². The Bertz CT molecular complexity index is 436. The van der Waals surface area contributed by atoms with Crippen LogP contribution in [0, 0.1) is 11.3 Å². The number of hydrogen-bond donors (Lipinski definition) is 2. The lowest BCUT2D eigenvalue weighted by Gasteiger charge is -2.33. The maximum atomic E-state index is 11.6. The maximum Gasteiger partial charge on any atom is 0.311 e. The normalized spacial score (nSPS) is 23.7. The SMILES string of the molecule is CC(C)Cn1ncnc1CC1(C(=O)O)CCCNC1. The van der Waals surface area contributed by atoms with E-state index >= 15 is 0 Å². The average Bonchev–Trinajstić information content (AvgIpc) is 2.76. The third-order valence-electron chi connectivity index (χ3n) is 3.66. The van der Waals surface area contributed by atoms with Crippen LogP contribution in [0.25, 0.3) is 0 Å². The number of carboxylic acids is 1. The summed E-state index contributed by atoms with van der Waals surface area (Å²) in [5.74, 6) is 0.504. The summed E-state index contributed by atoms with van der Waals surface area (Å²) >= 11 is 0. The van der Waals surface area contributed by atoms with Gasteiger partial charge in [0.1, 0.15) is 12.2 Å². The minimum Gasteiger partial charge on any atom is -0.481 e. The fourth-order valence-corrected chi connectivity index (χ4v) is 2.60. The quantitative estimate of drug-likeness (QED) is 0.828. The van der Waals surface area contributed by atoms with Gasteiger partial charge in [-0.15, -0.1) is 0 Å². The van der Waals surface area contributed by atoms with E-state index in [4.69, 9.17) is 0 Å². The van der Waals surface area contributed by atoms with E-state index in [9.17, 15) is 9.90 Å². The van der Waals surface area contributed by atoms with Gasteiger partial charge in [-0.1, -0.05) is 13.8 Å². The molecule has 1 saturated heterocycles. The fraction of sp³-hybridized carbons (Fsp3) is 0.769. The fourth-order valence-electron chi connectivity index (χ4n) is 2.60. The Morgan fingerprint density at radius 1 is 1.63 bits per heavy atom. The minimum atomic E-state index is -0.737. The summed E-state index contributed by atoms with van der Waals surface area (Å²) in [7, 11) is 0. The first-order chi connectivity index (χ1) is 9.03. The molecule has 0 bridgehead atoms. The second-order valence-corrected chi connectivity index (χ2v) is 5.79. The Labute approximate surface area is 113 Å². The summed E-state index contributed by atoms with van der Waals surface area (Å²) < 4.78 is 1.84. The molecule has 0 radical (unpaired) electrons. The molecule has 1 unspecified atom stereocenters. The molecule has 0 aliphatic carbocycles. The molecule has 2 N–H and O–H groups in total. The lowest BCUT2D eigenvalue weighted by Crippen LogP contribution is -2.47. The van der Waals surface area contributed by atoms with E-state index in [0.29, 0.717) is 25.3 Å². The molecule has 1 fully saturated rings. The van der Waals surface area contributed by atoms with Crippen molar-refractivity contribution in [3.8, 4) is 0 Å². The second-order valence-electron chi connectivity index (χ2n) is 5.79. The zero-order chi connectivity index (χ0) is 13.9. The van der Waals surface area contributed by atoms with Crippen molar-refractivity contribution in [3.05, 3.63) is 12.2 Å². The zero-order valence-corrected chi connectivity index (χ0v) is 11.6. The predicted octanol–water partition coefficient (Wildman–Crippen LogP) is 0.931. The maximum absolute atomic E-state index is 11.6. The van der Waals surface area contributed by atoms with E-state index < -0.39 is 11.4 Å². The molecule has 1 aliphatic heterocycles. The number of hydrogen-bond acceptors (Lipinski definition) is 4. The average molecular weight is 266 g/mol. The standard InChI is InChI=1S/C13H22N4O2/c1-10(2)7-17-11(15-9-16-17)6-13(12(18)19)4-3-5-14-8-13/h9-10,14H,3-8H2,1-2H3,(H,18,19). The van der Waals surface area contributed by atoms with E-state index in [-0.39, 0.29) is 0 Å². The van der Waals surface area contributed by atoms with Gasteiger partial charge in [-0.3, -0.25) is 4.79 Å². The number of aromatic nitrogens is 3. The number of aliphatic carboxylic acids is 1. The molecule has 6 heteroatoms. The number of carboxylic acid groups (broad SMARTS) is 1. The van der Waals surface area contributed by atoms with Crippen molar-refractivity contribution in [2.45, 2.75) is 39.7 Å². The Balaban J connectivity index is 2.17. The Kier molecular flexibility index (Phi) is 4.19. The van der Waals surface area contributed by atoms with E-state index in [2.05, 4.69) is 29.2 Å². The summed E-state index contributed by atoms with van der Waals surface area (Å²) in [5, 5.41) is 17.0. The van der Waals surface area contributed by atoms with E-state index in [1.54, 1.807) is 0 Å². The third-order valence-corrected chi connectivity index (χ3v) is 3.66. The van der Waals surface area contributed by atoms with Gasteiger partial charge < -0.3 is 10.4 Å².